The topological polar surface area (TPSA) is 144 Å². The van der Waals surface area contributed by atoms with E-state index in [0.717, 1.165) is 41.7 Å². The summed E-state index contributed by atoms with van der Waals surface area (Å²) in [7, 11) is 1.47. The van der Waals surface area contributed by atoms with Gasteiger partial charge in [-0.15, -0.1) is 6.58 Å². The first kappa shape index (κ1) is 42.2. The minimum Gasteiger partial charge on any atom is -0.491 e. The number of esters is 1. The average molecular weight is 836 g/mol. The number of anilines is 1. The van der Waals surface area contributed by atoms with Gasteiger partial charge in [0, 0.05) is 19.2 Å². The summed E-state index contributed by atoms with van der Waals surface area (Å²) in [5.74, 6) is 3.46. The van der Waals surface area contributed by atoms with Gasteiger partial charge < -0.3 is 29.4 Å². The van der Waals surface area contributed by atoms with Gasteiger partial charge in [0.15, 0.2) is 0 Å². The number of fused-ring (bicyclic) bond motifs is 3. The number of carbonyl (C=O) groups excluding carboxylic acids is 4. The predicted molar refractivity (Wildman–Crippen MR) is 231 cm³/mol. The molecule has 2 N–H and O–H groups in total. The van der Waals surface area contributed by atoms with Crippen LogP contribution in [0.25, 0.3) is 0 Å². The second kappa shape index (κ2) is 18.6. The van der Waals surface area contributed by atoms with E-state index in [1.165, 1.54) is 13.2 Å². The van der Waals surface area contributed by atoms with Gasteiger partial charge in [0.1, 0.15) is 36.5 Å². The van der Waals surface area contributed by atoms with E-state index in [1.54, 1.807) is 36.4 Å². The van der Waals surface area contributed by atoms with Crippen molar-refractivity contribution in [2.24, 2.45) is 5.92 Å². The highest BCUT2D eigenvalue weighted by Crippen LogP contribution is 2.66. The van der Waals surface area contributed by atoms with Gasteiger partial charge in [0.2, 0.25) is 11.8 Å². The SMILES string of the molecule is C=CCNC(=O)C1C2C(=O)OC(c3ccccc3)C(c3ccccc3)N2C(c2cccc(OCCO)c2)C12C(=O)N(C(=O)OCCOC)c1ccc(C#CC3=CCCCC3)cc12. The number of imide groups is 1. The third kappa shape index (κ3) is 7.68. The molecule has 0 radical (unpaired) electrons. The van der Waals surface area contributed by atoms with E-state index in [9.17, 15) is 9.90 Å². The average Bonchev–Trinajstić information content (AvgIpc) is 3.76. The summed E-state index contributed by atoms with van der Waals surface area (Å²) in [4.78, 5) is 63.8. The van der Waals surface area contributed by atoms with Crippen LogP contribution < -0.4 is 15.0 Å². The van der Waals surface area contributed by atoms with Gasteiger partial charge in [-0.2, -0.15) is 0 Å². The third-order valence-electron chi connectivity index (χ3n) is 12.0. The normalized spacial score (nSPS) is 23.9. The van der Waals surface area contributed by atoms with Crippen LogP contribution >= 0.6 is 0 Å². The van der Waals surface area contributed by atoms with Crippen LogP contribution in [0.1, 0.15) is 71.7 Å². The summed E-state index contributed by atoms with van der Waals surface area (Å²) in [5, 5.41) is 12.7. The smallest absolute Gasteiger partial charge is 0.421 e. The molecule has 62 heavy (non-hydrogen) atoms. The zero-order chi connectivity index (χ0) is 43.2. The largest absolute Gasteiger partial charge is 0.491 e. The molecule has 0 aromatic heterocycles. The molecule has 0 saturated carbocycles. The molecular weight excluding hydrogens is 787 g/mol. The second-order valence-corrected chi connectivity index (χ2v) is 15.6. The number of methoxy groups -OCH3 is 1. The van der Waals surface area contributed by atoms with Crippen molar-refractivity contribution in [3.63, 3.8) is 0 Å². The van der Waals surface area contributed by atoms with Gasteiger partial charge in [-0.3, -0.25) is 19.3 Å². The van der Waals surface area contributed by atoms with E-state index in [2.05, 4.69) is 29.8 Å². The first-order valence-electron chi connectivity index (χ1n) is 21.0. The highest BCUT2D eigenvalue weighted by atomic mass is 16.6. The molecule has 8 rings (SSSR count). The number of ether oxygens (including phenoxy) is 4. The quantitative estimate of drug-likeness (QED) is 0.0689. The zero-order valence-corrected chi connectivity index (χ0v) is 34.5. The zero-order valence-electron chi connectivity index (χ0n) is 34.5. The Bertz CT molecular complexity index is 2430. The van der Waals surface area contributed by atoms with Crippen LogP contribution in [0.5, 0.6) is 5.75 Å². The lowest BCUT2D eigenvalue weighted by atomic mass is 9.65. The van der Waals surface area contributed by atoms with E-state index >= 15 is 14.4 Å². The highest BCUT2D eigenvalue weighted by molar-refractivity contribution is 6.23. The van der Waals surface area contributed by atoms with E-state index < -0.39 is 59.4 Å². The van der Waals surface area contributed by atoms with E-state index in [1.807, 2.05) is 71.6 Å². The maximum atomic E-state index is 16.2. The lowest BCUT2D eigenvalue weighted by Gasteiger charge is -2.46. The van der Waals surface area contributed by atoms with E-state index in [-0.39, 0.29) is 38.7 Å². The summed E-state index contributed by atoms with van der Waals surface area (Å²) in [6, 6.07) is 27.9. The molecule has 4 aliphatic rings. The van der Waals surface area contributed by atoms with Crippen molar-refractivity contribution in [1.82, 2.24) is 10.2 Å². The molecule has 3 heterocycles. The number of benzene rings is 4. The molecule has 1 aliphatic carbocycles. The monoisotopic (exact) mass is 835 g/mol. The number of amides is 3. The molecule has 4 aromatic rings. The summed E-state index contributed by atoms with van der Waals surface area (Å²) in [6.45, 7) is 3.52. The van der Waals surface area contributed by atoms with E-state index in [4.69, 9.17) is 18.9 Å². The van der Waals surface area contributed by atoms with Gasteiger partial charge in [-0.1, -0.05) is 96.8 Å². The van der Waals surface area contributed by atoms with Gasteiger partial charge in [-0.05, 0) is 83.8 Å². The molecule has 2 saturated heterocycles. The van der Waals surface area contributed by atoms with Crippen molar-refractivity contribution < 1.29 is 43.2 Å². The number of carbonyl (C=O) groups is 4. The number of nitrogens with zero attached hydrogens (tertiary/aromatic N) is 2. The van der Waals surface area contributed by atoms with Crippen molar-refractivity contribution in [2.75, 3.05) is 45.0 Å². The van der Waals surface area contributed by atoms with Crippen LogP contribution in [0, 0.1) is 17.8 Å². The molecule has 2 fully saturated rings. The maximum Gasteiger partial charge on any atom is 0.421 e. The van der Waals surface area contributed by atoms with Crippen molar-refractivity contribution >= 4 is 29.6 Å². The maximum absolute atomic E-state index is 16.2. The number of aliphatic hydroxyl groups is 1. The standard InChI is InChI=1S/C50H49N3O9/c1-3-26-51-46(55)41-43-47(56)62-44(36-18-11-6-12-19-36)42(35-16-9-5-10-17-35)53(43)45(37-20-13-21-38(32-37)60-28-27-54)50(41)39-31-34(23-22-33-14-7-4-8-15-33)24-25-40(39)52(48(50)57)49(58)61-30-29-59-2/h3,5-6,9-14,16-21,24-25,31-32,41-45,54H,1,4,7-8,15,26-30H2,2H3,(H,51,55). The number of nitrogens with one attached hydrogen (secondary N) is 1. The van der Waals surface area contributed by atoms with Crippen LogP contribution in [0.2, 0.25) is 0 Å². The number of allylic oxidation sites excluding steroid dienone is 2. The fourth-order valence-corrected chi connectivity index (χ4v) is 9.57. The molecule has 12 heteroatoms. The molecule has 4 aromatic carbocycles. The van der Waals surface area contributed by atoms with Crippen LogP contribution in [0.15, 0.2) is 127 Å². The molecular formula is C50H49N3O9. The van der Waals surface area contributed by atoms with Gasteiger partial charge in [-0.25, -0.2) is 9.69 Å². The van der Waals surface area contributed by atoms with Crippen molar-refractivity contribution in [3.8, 4) is 17.6 Å². The molecule has 6 unspecified atom stereocenters. The summed E-state index contributed by atoms with van der Waals surface area (Å²) < 4.78 is 23.3. The summed E-state index contributed by atoms with van der Waals surface area (Å²) in [5.41, 5.74) is 2.09. The highest BCUT2D eigenvalue weighted by Gasteiger charge is 2.75. The van der Waals surface area contributed by atoms with Gasteiger partial charge in [0.25, 0.3) is 0 Å². The molecule has 12 nitrogen and oxygen atoms in total. The molecule has 1 spiro atoms. The molecule has 0 bridgehead atoms. The number of hydrogen-bond acceptors (Lipinski definition) is 10. The van der Waals surface area contributed by atoms with Crippen molar-refractivity contribution in [3.05, 3.63) is 155 Å². The number of rotatable bonds is 12. The molecule has 3 aliphatic heterocycles. The molecule has 3 amide bonds. The number of aliphatic hydroxyl groups excluding tert-OH is 1. The Morgan fingerprint density at radius 2 is 1.66 bits per heavy atom. The Hall–Kier alpha value is -6.52. The van der Waals surface area contributed by atoms with Crippen LogP contribution in [0.3, 0.4) is 0 Å². The fourth-order valence-electron chi connectivity index (χ4n) is 9.57. The van der Waals surface area contributed by atoms with Gasteiger partial charge in [0.05, 0.1) is 36.9 Å². The molecule has 318 valence electrons. The van der Waals surface area contributed by atoms with Crippen LogP contribution in [-0.2, 0) is 34.0 Å². The first-order chi connectivity index (χ1) is 30.3. The van der Waals surface area contributed by atoms with Crippen molar-refractivity contribution in [1.29, 1.82) is 0 Å². The van der Waals surface area contributed by atoms with Crippen LogP contribution in [-0.4, -0.2) is 80.0 Å². The number of morpholine rings is 1. The van der Waals surface area contributed by atoms with Crippen LogP contribution in [0.4, 0.5) is 10.5 Å². The Labute approximate surface area is 361 Å². The molecule has 6 atom stereocenters. The van der Waals surface area contributed by atoms with Gasteiger partial charge >= 0.3 is 12.1 Å². The minimum absolute atomic E-state index is 0.00540. The first-order valence-corrected chi connectivity index (χ1v) is 21.0. The summed E-state index contributed by atoms with van der Waals surface area (Å²) in [6.07, 6.45) is 5.73. The number of cyclic esters (lactones) is 1. The Morgan fingerprint density at radius 3 is 2.37 bits per heavy atom. The Kier molecular flexibility index (Phi) is 12.7. The summed E-state index contributed by atoms with van der Waals surface area (Å²) >= 11 is 0. The minimum atomic E-state index is -1.99. The predicted octanol–water partition coefficient (Wildman–Crippen LogP) is 6.66. The lowest BCUT2D eigenvalue weighted by molar-refractivity contribution is -0.178. The van der Waals surface area contributed by atoms with Crippen molar-refractivity contribution in [2.45, 2.75) is 55.3 Å². The Morgan fingerprint density at radius 1 is 0.903 bits per heavy atom. The fraction of sp³-hybridized carbons (Fsp3) is 0.320. The lowest BCUT2D eigenvalue weighted by Crippen LogP contribution is -2.55. The van der Waals surface area contributed by atoms with E-state index in [0.29, 0.717) is 28.0 Å². The second-order valence-electron chi connectivity index (χ2n) is 15.6. The Balaban J connectivity index is 1.45. The number of hydrogen-bond donors (Lipinski definition) is 2. The third-order valence-corrected chi connectivity index (χ3v) is 12.0.